The summed E-state index contributed by atoms with van der Waals surface area (Å²) in [6.45, 7) is 16.4. The maximum atomic E-state index is 4.75. The van der Waals surface area contributed by atoms with E-state index in [9.17, 15) is 0 Å². The topological polar surface area (TPSA) is 55.6 Å². The van der Waals surface area contributed by atoms with Crippen LogP contribution in [-0.4, -0.2) is 26.8 Å². The van der Waals surface area contributed by atoms with Crippen molar-refractivity contribution < 1.29 is 0 Å². The summed E-state index contributed by atoms with van der Waals surface area (Å²) in [7, 11) is 1.86. The van der Waals surface area contributed by atoms with Crippen molar-refractivity contribution in [1.29, 1.82) is 0 Å². The Morgan fingerprint density at radius 2 is 1.91 bits per heavy atom. The predicted molar refractivity (Wildman–Crippen MR) is 95.3 cm³/mol. The Kier molecular flexibility index (Phi) is 6.53. The molecule has 0 bridgehead atoms. The van der Waals surface area contributed by atoms with Gasteiger partial charge in [-0.15, -0.1) is 0 Å². The Hall–Kier alpha value is -1.91. The van der Waals surface area contributed by atoms with Crippen LogP contribution in [0.3, 0.4) is 0 Å². The van der Waals surface area contributed by atoms with Crippen molar-refractivity contribution in [3.05, 3.63) is 18.0 Å². The van der Waals surface area contributed by atoms with E-state index < -0.39 is 0 Å². The highest BCUT2D eigenvalue weighted by Crippen LogP contribution is 2.27. The molecule has 2 aromatic rings. The highest BCUT2D eigenvalue weighted by atomic mass is 15.3. The van der Waals surface area contributed by atoms with E-state index >= 15 is 0 Å². The molecule has 0 spiro atoms. The fraction of sp³-hybridized carbons (Fsp3) is 0.588. The van der Waals surface area contributed by atoms with Gasteiger partial charge in [-0.05, 0) is 32.3 Å². The maximum Gasteiger partial charge on any atom is 0.179 e. The van der Waals surface area contributed by atoms with Crippen LogP contribution in [0.25, 0.3) is 16.7 Å². The first-order valence-corrected chi connectivity index (χ1v) is 8.16. The van der Waals surface area contributed by atoms with Gasteiger partial charge in [0, 0.05) is 7.05 Å². The SMILES string of the molecule is C=C(CC)c1nc2c(C)nn(C(C)CC)c2nc1NC.CC. The summed E-state index contributed by atoms with van der Waals surface area (Å²) in [5.41, 5.74) is 4.46. The number of hydrogen-bond acceptors (Lipinski definition) is 4. The van der Waals surface area contributed by atoms with Crippen LogP contribution in [0.15, 0.2) is 6.58 Å². The third-order valence-electron chi connectivity index (χ3n) is 3.70. The lowest BCUT2D eigenvalue weighted by Crippen LogP contribution is -2.08. The van der Waals surface area contributed by atoms with Gasteiger partial charge in [0.15, 0.2) is 11.5 Å². The summed E-state index contributed by atoms with van der Waals surface area (Å²) in [4.78, 5) is 9.46. The largest absolute Gasteiger partial charge is 0.371 e. The van der Waals surface area contributed by atoms with Crippen LogP contribution in [0.5, 0.6) is 0 Å². The summed E-state index contributed by atoms with van der Waals surface area (Å²) in [5, 5.41) is 7.72. The van der Waals surface area contributed by atoms with Crippen molar-refractivity contribution in [3.63, 3.8) is 0 Å². The molecule has 5 heteroatoms. The monoisotopic (exact) mass is 303 g/mol. The van der Waals surface area contributed by atoms with Gasteiger partial charge < -0.3 is 5.32 Å². The molecule has 0 amide bonds. The minimum Gasteiger partial charge on any atom is -0.371 e. The molecule has 1 unspecified atom stereocenters. The average Bonchev–Trinajstić information content (AvgIpc) is 2.90. The zero-order valence-electron chi connectivity index (χ0n) is 15.0. The predicted octanol–water partition coefficient (Wildman–Crippen LogP) is 4.60. The minimum atomic E-state index is 0.311. The molecule has 0 fully saturated rings. The Morgan fingerprint density at radius 3 is 2.41 bits per heavy atom. The van der Waals surface area contributed by atoms with Gasteiger partial charge in [0.05, 0.1) is 11.7 Å². The highest BCUT2D eigenvalue weighted by Gasteiger charge is 2.18. The van der Waals surface area contributed by atoms with Crippen LogP contribution in [0, 0.1) is 6.92 Å². The number of hydrogen-bond donors (Lipinski definition) is 1. The molecule has 122 valence electrons. The smallest absolute Gasteiger partial charge is 0.179 e. The molecule has 0 saturated carbocycles. The van der Waals surface area contributed by atoms with Crippen molar-refractivity contribution >= 4 is 22.6 Å². The molecule has 0 aliphatic heterocycles. The third kappa shape index (κ3) is 3.29. The van der Waals surface area contributed by atoms with Crippen LogP contribution in [0.2, 0.25) is 0 Å². The molecule has 5 nitrogen and oxygen atoms in total. The second-order valence-corrected chi connectivity index (χ2v) is 5.09. The van der Waals surface area contributed by atoms with Crippen molar-refractivity contribution in [2.75, 3.05) is 12.4 Å². The van der Waals surface area contributed by atoms with Gasteiger partial charge in [0.1, 0.15) is 11.2 Å². The number of aryl methyl sites for hydroxylation is 1. The molecular formula is C17H29N5. The van der Waals surface area contributed by atoms with Crippen LogP contribution >= 0.6 is 0 Å². The molecule has 0 aliphatic carbocycles. The fourth-order valence-electron chi connectivity index (χ4n) is 2.15. The first-order chi connectivity index (χ1) is 10.5. The number of anilines is 1. The van der Waals surface area contributed by atoms with Gasteiger partial charge >= 0.3 is 0 Å². The third-order valence-corrected chi connectivity index (χ3v) is 3.70. The zero-order chi connectivity index (χ0) is 16.9. The van der Waals surface area contributed by atoms with E-state index in [0.717, 1.165) is 46.8 Å². The first kappa shape index (κ1) is 18.1. The van der Waals surface area contributed by atoms with E-state index in [2.05, 4.69) is 37.8 Å². The van der Waals surface area contributed by atoms with Gasteiger partial charge in [0.25, 0.3) is 0 Å². The first-order valence-electron chi connectivity index (χ1n) is 8.16. The average molecular weight is 303 g/mol. The van der Waals surface area contributed by atoms with E-state index in [1.807, 2.05) is 32.5 Å². The van der Waals surface area contributed by atoms with Crippen molar-refractivity contribution in [2.24, 2.45) is 0 Å². The highest BCUT2D eigenvalue weighted by molar-refractivity contribution is 5.81. The summed E-state index contributed by atoms with van der Waals surface area (Å²) >= 11 is 0. The van der Waals surface area contributed by atoms with Crippen molar-refractivity contribution in [1.82, 2.24) is 19.7 Å². The van der Waals surface area contributed by atoms with Crippen molar-refractivity contribution in [3.8, 4) is 0 Å². The number of rotatable bonds is 5. The number of aromatic nitrogens is 4. The Labute approximate surface area is 133 Å². The van der Waals surface area contributed by atoms with Gasteiger partial charge in [-0.2, -0.15) is 5.10 Å². The van der Waals surface area contributed by atoms with Crippen LogP contribution in [0.4, 0.5) is 5.82 Å². The quantitative estimate of drug-likeness (QED) is 0.877. The minimum absolute atomic E-state index is 0.311. The zero-order valence-corrected chi connectivity index (χ0v) is 15.0. The Bertz CT molecular complexity index is 642. The van der Waals surface area contributed by atoms with E-state index in [4.69, 9.17) is 9.97 Å². The normalized spacial score (nSPS) is 11.8. The summed E-state index contributed by atoms with van der Waals surface area (Å²) in [6, 6.07) is 0.311. The van der Waals surface area contributed by atoms with Crippen LogP contribution in [0.1, 0.15) is 64.9 Å². The second kappa shape index (κ2) is 7.92. The summed E-state index contributed by atoms with van der Waals surface area (Å²) in [6.07, 6.45) is 1.86. The molecule has 0 saturated heterocycles. The lowest BCUT2D eigenvalue weighted by Gasteiger charge is -2.12. The molecule has 2 aromatic heterocycles. The van der Waals surface area contributed by atoms with E-state index in [-0.39, 0.29) is 0 Å². The van der Waals surface area contributed by atoms with Crippen molar-refractivity contribution in [2.45, 2.75) is 60.4 Å². The molecule has 1 N–H and O–H groups in total. The molecule has 1 atom stereocenters. The number of allylic oxidation sites excluding steroid dienone is 1. The molecule has 22 heavy (non-hydrogen) atoms. The second-order valence-electron chi connectivity index (χ2n) is 5.09. The molecule has 0 aromatic carbocycles. The van der Waals surface area contributed by atoms with Gasteiger partial charge in [-0.25, -0.2) is 14.6 Å². The molecular weight excluding hydrogens is 274 g/mol. The fourth-order valence-corrected chi connectivity index (χ4v) is 2.15. The van der Waals surface area contributed by atoms with Crippen LogP contribution < -0.4 is 5.32 Å². The van der Waals surface area contributed by atoms with Gasteiger partial charge in [-0.3, -0.25) is 0 Å². The van der Waals surface area contributed by atoms with E-state index in [0.29, 0.717) is 6.04 Å². The molecule has 0 aliphatic rings. The van der Waals surface area contributed by atoms with E-state index in [1.165, 1.54) is 0 Å². The molecule has 0 radical (unpaired) electrons. The summed E-state index contributed by atoms with van der Waals surface area (Å²) < 4.78 is 1.97. The number of nitrogens with one attached hydrogen (secondary N) is 1. The molecule has 2 heterocycles. The number of fused-ring (bicyclic) bond motifs is 1. The lowest BCUT2D eigenvalue weighted by atomic mass is 10.1. The standard InChI is InChI=1S/C15H23N5.C2H6/c1-7-9(3)12-14(16-6)18-15-13(17-12)11(5)19-20(15)10(4)8-2;1-2/h10H,3,7-8H2,1-2,4-6H3,(H,16,18);1-2H3. The molecule has 2 rings (SSSR count). The number of nitrogens with zero attached hydrogens (tertiary/aromatic N) is 4. The Morgan fingerprint density at radius 1 is 1.27 bits per heavy atom. The Balaban J connectivity index is 0.00000116. The van der Waals surface area contributed by atoms with Gasteiger partial charge in [0.2, 0.25) is 0 Å². The van der Waals surface area contributed by atoms with Crippen LogP contribution in [-0.2, 0) is 0 Å². The lowest BCUT2D eigenvalue weighted by molar-refractivity contribution is 0.487. The maximum absolute atomic E-state index is 4.75. The summed E-state index contributed by atoms with van der Waals surface area (Å²) in [5.74, 6) is 0.772. The van der Waals surface area contributed by atoms with Gasteiger partial charge in [-0.1, -0.05) is 34.3 Å². The van der Waals surface area contributed by atoms with E-state index in [1.54, 1.807) is 0 Å².